The molecule has 63 heavy (non-hydrogen) atoms. The maximum Gasteiger partial charge on any atom is 0.0713 e. The highest BCUT2D eigenvalue weighted by Crippen LogP contribution is 2.56. The summed E-state index contributed by atoms with van der Waals surface area (Å²) in [5.74, 6) is 0. The van der Waals surface area contributed by atoms with Gasteiger partial charge in [-0.2, -0.15) is 0 Å². The normalized spacial score (nSPS) is 12.6. The summed E-state index contributed by atoms with van der Waals surface area (Å²) in [6, 6.07) is 91.4. The van der Waals surface area contributed by atoms with E-state index in [2.05, 4.69) is 254 Å². The maximum absolute atomic E-state index is 2.39. The van der Waals surface area contributed by atoms with Crippen molar-refractivity contribution in [3.8, 4) is 44.5 Å². The average Bonchev–Trinajstić information content (AvgIpc) is 3.89. The van der Waals surface area contributed by atoms with E-state index in [-0.39, 0.29) is 0 Å². The Balaban J connectivity index is 0.950. The largest absolute Gasteiger partial charge is 0.311 e. The molecule has 0 amide bonds. The number of fused-ring (bicyclic) bond motifs is 6. The van der Waals surface area contributed by atoms with E-state index >= 15 is 0 Å². The van der Waals surface area contributed by atoms with Gasteiger partial charge in [-0.25, -0.2) is 0 Å². The molecule has 2 heteroatoms. The molecule has 1 aromatic heterocycles. The third kappa shape index (κ3) is 6.22. The van der Waals surface area contributed by atoms with Gasteiger partial charge < -0.3 is 4.90 Å². The quantitative estimate of drug-likeness (QED) is 0.148. The lowest BCUT2D eigenvalue weighted by molar-refractivity contribution is 0.768. The van der Waals surface area contributed by atoms with Gasteiger partial charge in [-0.05, 0) is 115 Å². The molecular weight excluding hydrogens is 779 g/mol. The lowest BCUT2D eigenvalue weighted by Gasteiger charge is -2.34. The molecule has 11 aromatic rings. The second-order valence-electron chi connectivity index (χ2n) is 16.4. The highest BCUT2D eigenvalue weighted by Gasteiger charge is 2.45. The van der Waals surface area contributed by atoms with Crippen molar-refractivity contribution < 1.29 is 0 Å². The van der Waals surface area contributed by atoms with Crippen LogP contribution in [0.25, 0.3) is 64.7 Å². The van der Waals surface area contributed by atoms with Gasteiger partial charge in [-0.15, -0.1) is 11.3 Å². The van der Waals surface area contributed by atoms with Gasteiger partial charge in [0.1, 0.15) is 0 Å². The third-order valence-electron chi connectivity index (χ3n) is 13.0. The Morgan fingerprint density at radius 3 is 1.27 bits per heavy atom. The Morgan fingerprint density at radius 1 is 0.286 bits per heavy atom. The van der Waals surface area contributed by atoms with Gasteiger partial charge in [0.15, 0.2) is 0 Å². The smallest absolute Gasteiger partial charge is 0.0713 e. The van der Waals surface area contributed by atoms with Crippen LogP contribution < -0.4 is 4.90 Å². The number of thiophene rings is 1. The van der Waals surface area contributed by atoms with Crippen LogP contribution in [0.5, 0.6) is 0 Å². The van der Waals surface area contributed by atoms with Gasteiger partial charge >= 0.3 is 0 Å². The zero-order valence-electron chi connectivity index (χ0n) is 34.5. The molecule has 0 atom stereocenters. The average molecular weight is 820 g/mol. The van der Waals surface area contributed by atoms with Gasteiger partial charge in [0, 0.05) is 37.2 Å². The standard InChI is InChI=1S/C61H41NS/c1-3-13-42(14-4-1)43-23-25-44(26-24-43)45-27-34-50(35-28-45)62(51-36-29-46(30-37-51)47-31-40-56-55-19-9-12-22-59(55)63-60(56)41-47)52-38-32-49(33-39-52)61(48-15-5-2-6-16-48)57-20-10-7-17-53(57)54-18-8-11-21-58(54)61/h1-41H. The molecule has 0 saturated heterocycles. The van der Waals surface area contributed by atoms with E-state index in [1.165, 1.54) is 86.9 Å². The molecule has 0 aliphatic heterocycles. The molecule has 0 fully saturated rings. The summed E-state index contributed by atoms with van der Waals surface area (Å²) in [5, 5.41) is 2.65. The van der Waals surface area contributed by atoms with Gasteiger partial charge in [0.25, 0.3) is 0 Å². The predicted molar refractivity (Wildman–Crippen MR) is 268 cm³/mol. The van der Waals surface area contributed by atoms with Crippen molar-refractivity contribution in [2.75, 3.05) is 4.90 Å². The van der Waals surface area contributed by atoms with Crippen molar-refractivity contribution in [2.45, 2.75) is 5.41 Å². The van der Waals surface area contributed by atoms with E-state index in [1.807, 2.05) is 11.3 Å². The SMILES string of the molecule is c1ccc(-c2ccc(-c3ccc(N(c4ccc(-c5ccc6c(c5)sc5ccccc56)cc4)c4ccc(C5(c6ccccc6)c6ccccc6-c6ccccc65)cc4)cc3)cc2)cc1. The maximum atomic E-state index is 2.39. The van der Waals surface area contributed by atoms with E-state index in [9.17, 15) is 0 Å². The van der Waals surface area contributed by atoms with Crippen molar-refractivity contribution in [1.29, 1.82) is 0 Å². The van der Waals surface area contributed by atoms with E-state index in [0.29, 0.717) is 0 Å². The Labute approximate surface area is 372 Å². The zero-order chi connectivity index (χ0) is 41.7. The van der Waals surface area contributed by atoms with Gasteiger partial charge in [0.2, 0.25) is 0 Å². The van der Waals surface area contributed by atoms with Crippen molar-refractivity contribution >= 4 is 48.6 Å². The molecule has 0 bridgehead atoms. The van der Waals surface area contributed by atoms with E-state index in [1.54, 1.807) is 0 Å². The summed E-state index contributed by atoms with van der Waals surface area (Å²) in [6.07, 6.45) is 0. The van der Waals surface area contributed by atoms with Crippen molar-refractivity contribution in [2.24, 2.45) is 0 Å². The predicted octanol–water partition coefficient (Wildman–Crippen LogP) is 16.9. The summed E-state index contributed by atoms with van der Waals surface area (Å²) in [5.41, 5.74) is 17.8. The van der Waals surface area contributed by atoms with Crippen LogP contribution in [0.3, 0.4) is 0 Å². The number of benzene rings is 10. The summed E-state index contributed by atoms with van der Waals surface area (Å²) < 4.78 is 2.64. The summed E-state index contributed by atoms with van der Waals surface area (Å²) in [6.45, 7) is 0. The molecule has 1 aliphatic rings. The van der Waals surface area contributed by atoms with Crippen LogP contribution in [0.1, 0.15) is 22.3 Å². The van der Waals surface area contributed by atoms with Crippen LogP contribution in [0.2, 0.25) is 0 Å². The van der Waals surface area contributed by atoms with Crippen LogP contribution in [-0.4, -0.2) is 0 Å². The van der Waals surface area contributed by atoms with Crippen molar-refractivity contribution in [3.63, 3.8) is 0 Å². The zero-order valence-corrected chi connectivity index (χ0v) is 35.3. The first-order chi connectivity index (χ1) is 31.2. The van der Waals surface area contributed by atoms with E-state index < -0.39 is 5.41 Å². The van der Waals surface area contributed by atoms with E-state index in [4.69, 9.17) is 0 Å². The fraction of sp³-hybridized carbons (Fsp3) is 0.0164. The monoisotopic (exact) mass is 819 g/mol. The van der Waals surface area contributed by atoms with Gasteiger partial charge in [0.05, 0.1) is 5.41 Å². The number of hydrogen-bond donors (Lipinski definition) is 0. The highest BCUT2D eigenvalue weighted by molar-refractivity contribution is 7.25. The molecule has 0 radical (unpaired) electrons. The number of nitrogens with zero attached hydrogens (tertiary/aromatic N) is 1. The van der Waals surface area contributed by atoms with Gasteiger partial charge in [-0.1, -0.05) is 200 Å². The third-order valence-corrected chi connectivity index (χ3v) is 14.1. The topological polar surface area (TPSA) is 3.24 Å². The number of rotatable bonds is 8. The minimum Gasteiger partial charge on any atom is -0.311 e. The molecule has 1 aliphatic carbocycles. The molecule has 0 saturated carbocycles. The second kappa shape index (κ2) is 15.3. The second-order valence-corrected chi connectivity index (χ2v) is 17.5. The van der Waals surface area contributed by atoms with Crippen LogP contribution in [0.15, 0.2) is 249 Å². The Morgan fingerprint density at radius 2 is 0.683 bits per heavy atom. The Bertz CT molecular complexity index is 3360. The van der Waals surface area contributed by atoms with E-state index in [0.717, 1.165) is 17.1 Å². The first-order valence-electron chi connectivity index (χ1n) is 21.7. The first-order valence-corrected chi connectivity index (χ1v) is 22.5. The lowest BCUT2D eigenvalue weighted by atomic mass is 9.68. The fourth-order valence-electron chi connectivity index (χ4n) is 10.0. The molecule has 12 rings (SSSR count). The van der Waals surface area contributed by atoms with Crippen LogP contribution >= 0.6 is 11.3 Å². The molecule has 1 nitrogen and oxygen atoms in total. The minimum atomic E-state index is -0.452. The molecule has 1 heterocycles. The van der Waals surface area contributed by atoms with Gasteiger partial charge in [-0.3, -0.25) is 0 Å². The molecule has 296 valence electrons. The fourth-order valence-corrected chi connectivity index (χ4v) is 11.2. The van der Waals surface area contributed by atoms with Crippen molar-refractivity contribution in [1.82, 2.24) is 0 Å². The number of hydrogen-bond acceptors (Lipinski definition) is 2. The van der Waals surface area contributed by atoms with Crippen LogP contribution in [0.4, 0.5) is 17.1 Å². The summed E-state index contributed by atoms with van der Waals surface area (Å²) in [4.78, 5) is 2.39. The van der Waals surface area contributed by atoms with Crippen LogP contribution in [-0.2, 0) is 5.41 Å². The Kier molecular flexibility index (Phi) is 8.98. The number of anilines is 3. The first kappa shape index (κ1) is 37.0. The Hall–Kier alpha value is -7.78. The molecule has 0 N–H and O–H groups in total. The van der Waals surface area contributed by atoms with Crippen LogP contribution in [0, 0.1) is 0 Å². The lowest BCUT2D eigenvalue weighted by Crippen LogP contribution is -2.28. The summed E-state index contributed by atoms with van der Waals surface area (Å²) >= 11 is 1.86. The molecule has 0 spiro atoms. The minimum absolute atomic E-state index is 0.452. The summed E-state index contributed by atoms with van der Waals surface area (Å²) in [7, 11) is 0. The molecule has 0 unspecified atom stereocenters. The highest BCUT2D eigenvalue weighted by atomic mass is 32.1. The molecule has 10 aromatic carbocycles. The van der Waals surface area contributed by atoms with Crippen molar-refractivity contribution in [3.05, 3.63) is 271 Å². The molecular formula is C61H41NS.